The minimum absolute atomic E-state index is 0.0911. The summed E-state index contributed by atoms with van der Waals surface area (Å²) in [6.07, 6.45) is 0. The van der Waals surface area contributed by atoms with Crippen LogP contribution in [0.3, 0.4) is 0 Å². The molecule has 6 heteroatoms. The molecule has 0 saturated carbocycles. The average molecular weight is 213 g/mol. The molecule has 1 amide bonds. The normalized spacial score (nSPS) is 11.0. The number of benzene rings is 1. The highest BCUT2D eigenvalue weighted by Crippen LogP contribution is 2.14. The standard InChI is InChI=1S/C8H10N2O3S/c1-6(11)10-7-2-4-8(5-3-7)14(9,12)13/h2-5H,1H3,(H3,9,10,11,12,13)/p-1. The summed E-state index contributed by atoms with van der Waals surface area (Å²) in [7, 11) is -3.91. The maximum Gasteiger partial charge on any atom is 0.221 e. The van der Waals surface area contributed by atoms with Crippen LogP contribution in [0.4, 0.5) is 5.69 Å². The van der Waals surface area contributed by atoms with Crippen LogP contribution in [-0.2, 0) is 14.8 Å². The molecule has 1 aromatic rings. The Morgan fingerprint density at radius 1 is 1.29 bits per heavy atom. The molecule has 14 heavy (non-hydrogen) atoms. The summed E-state index contributed by atoms with van der Waals surface area (Å²) in [6, 6.07) is 5.41. The van der Waals surface area contributed by atoms with Crippen LogP contribution in [0.25, 0.3) is 5.14 Å². The second kappa shape index (κ2) is 3.77. The minimum Gasteiger partial charge on any atom is -0.560 e. The van der Waals surface area contributed by atoms with E-state index in [-0.39, 0.29) is 10.8 Å². The lowest BCUT2D eigenvalue weighted by Gasteiger charge is -2.06. The number of nitrogens with one attached hydrogen (secondary N) is 2. The van der Waals surface area contributed by atoms with Crippen LogP contribution in [0, 0.1) is 0 Å². The van der Waals surface area contributed by atoms with E-state index in [1.807, 2.05) is 0 Å². The van der Waals surface area contributed by atoms with E-state index in [9.17, 15) is 13.2 Å². The lowest BCUT2D eigenvalue weighted by atomic mass is 10.3. The van der Waals surface area contributed by atoms with Crippen LogP contribution < -0.4 is 5.32 Å². The average Bonchev–Trinajstić information content (AvgIpc) is 2.02. The smallest absolute Gasteiger partial charge is 0.221 e. The molecule has 0 aliphatic heterocycles. The number of rotatable bonds is 2. The summed E-state index contributed by atoms with van der Waals surface area (Å²) in [6.45, 7) is 1.36. The third-order valence-corrected chi connectivity index (χ3v) is 2.38. The largest absolute Gasteiger partial charge is 0.560 e. The Morgan fingerprint density at radius 3 is 2.14 bits per heavy atom. The first-order chi connectivity index (χ1) is 6.39. The van der Waals surface area contributed by atoms with Crippen molar-refractivity contribution in [2.45, 2.75) is 11.8 Å². The number of carbonyl (C=O) groups excluding carboxylic acids is 1. The van der Waals surface area contributed by atoms with Gasteiger partial charge in [0.15, 0.2) is 0 Å². The van der Waals surface area contributed by atoms with E-state index in [0.29, 0.717) is 5.69 Å². The van der Waals surface area contributed by atoms with E-state index in [1.54, 1.807) is 0 Å². The highest BCUT2D eigenvalue weighted by molar-refractivity contribution is 7.93. The van der Waals surface area contributed by atoms with Gasteiger partial charge < -0.3 is 10.5 Å². The Labute approximate surface area is 82.0 Å². The molecule has 0 aromatic heterocycles. The van der Waals surface area contributed by atoms with Crippen molar-refractivity contribution >= 4 is 21.6 Å². The van der Waals surface area contributed by atoms with Gasteiger partial charge in [-0.05, 0) is 24.3 Å². The molecule has 5 nitrogen and oxygen atoms in total. The lowest BCUT2D eigenvalue weighted by molar-refractivity contribution is -0.114. The molecule has 76 valence electrons. The summed E-state index contributed by atoms with van der Waals surface area (Å²) in [4.78, 5) is 10.5. The van der Waals surface area contributed by atoms with Crippen molar-refractivity contribution in [2.24, 2.45) is 0 Å². The molecule has 0 aliphatic rings. The fourth-order valence-corrected chi connectivity index (χ4v) is 1.42. The molecule has 0 unspecified atom stereocenters. The Morgan fingerprint density at radius 2 is 1.79 bits per heavy atom. The summed E-state index contributed by atoms with van der Waals surface area (Å²) in [5.74, 6) is -0.230. The third-order valence-electron chi connectivity index (χ3n) is 1.48. The molecule has 0 bridgehead atoms. The van der Waals surface area contributed by atoms with E-state index in [2.05, 4.69) is 5.32 Å². The van der Waals surface area contributed by atoms with Gasteiger partial charge in [-0.3, -0.25) is 4.79 Å². The first kappa shape index (κ1) is 10.7. The zero-order chi connectivity index (χ0) is 10.8. The predicted molar refractivity (Wildman–Crippen MR) is 52.3 cm³/mol. The number of sulfonamides is 1. The van der Waals surface area contributed by atoms with Gasteiger partial charge in [-0.2, -0.15) is 0 Å². The number of carbonyl (C=O) groups is 1. The Kier molecular flexibility index (Phi) is 2.87. The van der Waals surface area contributed by atoms with Gasteiger partial charge in [0.2, 0.25) is 5.91 Å². The van der Waals surface area contributed by atoms with E-state index >= 15 is 0 Å². The monoisotopic (exact) mass is 213 g/mol. The van der Waals surface area contributed by atoms with Crippen molar-refractivity contribution < 1.29 is 13.2 Å². The molecule has 0 saturated heterocycles. The Hall–Kier alpha value is -1.40. The zero-order valence-corrected chi connectivity index (χ0v) is 8.26. The van der Waals surface area contributed by atoms with Crippen LogP contribution in [0.15, 0.2) is 29.2 Å². The molecule has 0 fully saturated rings. The van der Waals surface area contributed by atoms with Crippen molar-refractivity contribution in [2.75, 3.05) is 5.32 Å². The van der Waals surface area contributed by atoms with Crippen molar-refractivity contribution in [3.05, 3.63) is 29.4 Å². The Bertz CT molecular complexity index is 436. The van der Waals surface area contributed by atoms with E-state index in [4.69, 9.17) is 5.14 Å². The molecule has 0 radical (unpaired) electrons. The molecule has 2 N–H and O–H groups in total. The van der Waals surface area contributed by atoms with Gasteiger partial charge in [0.05, 0.1) is 10.0 Å². The summed E-state index contributed by atoms with van der Waals surface area (Å²) in [5.41, 5.74) is 0.505. The first-order valence-corrected chi connectivity index (χ1v) is 5.25. The molecule has 0 aliphatic carbocycles. The third kappa shape index (κ3) is 2.82. The molecule has 0 spiro atoms. The molecule has 1 rings (SSSR count). The van der Waals surface area contributed by atoms with Crippen molar-refractivity contribution in [1.29, 1.82) is 0 Å². The highest BCUT2D eigenvalue weighted by atomic mass is 32.2. The SMILES string of the molecule is CC(=O)Nc1ccc(S([NH-])(=O)=O)cc1. The molecule has 1 aromatic carbocycles. The number of anilines is 1. The van der Waals surface area contributed by atoms with E-state index in [1.165, 1.54) is 31.2 Å². The van der Waals surface area contributed by atoms with Crippen LogP contribution in [0.5, 0.6) is 0 Å². The number of hydrogen-bond donors (Lipinski definition) is 1. The van der Waals surface area contributed by atoms with Crippen molar-refractivity contribution in [3.8, 4) is 0 Å². The quantitative estimate of drug-likeness (QED) is 0.805. The maximum atomic E-state index is 10.7. The zero-order valence-electron chi connectivity index (χ0n) is 7.44. The molecular formula is C8H9N2O3S-. The summed E-state index contributed by atoms with van der Waals surface area (Å²) < 4.78 is 21.5. The van der Waals surface area contributed by atoms with E-state index < -0.39 is 10.0 Å². The fraction of sp³-hybridized carbons (Fsp3) is 0.125. The highest BCUT2D eigenvalue weighted by Gasteiger charge is 2.00. The van der Waals surface area contributed by atoms with Gasteiger partial charge in [0, 0.05) is 17.5 Å². The fourth-order valence-electron chi connectivity index (χ4n) is 0.921. The van der Waals surface area contributed by atoms with Gasteiger partial charge in [-0.25, -0.2) is 8.42 Å². The van der Waals surface area contributed by atoms with Crippen LogP contribution in [0.2, 0.25) is 0 Å². The molecule has 0 heterocycles. The van der Waals surface area contributed by atoms with Crippen LogP contribution >= 0.6 is 0 Å². The number of hydrogen-bond acceptors (Lipinski definition) is 3. The summed E-state index contributed by atoms with van der Waals surface area (Å²) in [5, 5.41) is 9.26. The maximum absolute atomic E-state index is 10.7. The lowest BCUT2D eigenvalue weighted by Crippen LogP contribution is -2.05. The predicted octanol–water partition coefficient (Wildman–Crippen LogP) is 1.39. The number of amides is 1. The van der Waals surface area contributed by atoms with E-state index in [0.717, 1.165) is 0 Å². The van der Waals surface area contributed by atoms with Crippen LogP contribution in [0.1, 0.15) is 6.92 Å². The van der Waals surface area contributed by atoms with Crippen molar-refractivity contribution in [3.63, 3.8) is 0 Å². The van der Waals surface area contributed by atoms with Gasteiger partial charge in [-0.1, -0.05) is 0 Å². The minimum atomic E-state index is -3.91. The van der Waals surface area contributed by atoms with Gasteiger partial charge in [-0.15, -0.1) is 0 Å². The molecular weight excluding hydrogens is 204 g/mol. The van der Waals surface area contributed by atoms with Crippen molar-refractivity contribution in [1.82, 2.24) is 0 Å². The first-order valence-electron chi connectivity index (χ1n) is 3.77. The topological polar surface area (TPSA) is 87.0 Å². The summed E-state index contributed by atoms with van der Waals surface area (Å²) >= 11 is 0. The second-order valence-corrected chi connectivity index (χ2v) is 4.19. The van der Waals surface area contributed by atoms with Gasteiger partial charge in [0.25, 0.3) is 0 Å². The van der Waals surface area contributed by atoms with Gasteiger partial charge >= 0.3 is 0 Å². The second-order valence-electron chi connectivity index (χ2n) is 2.71. The van der Waals surface area contributed by atoms with Gasteiger partial charge in [0.1, 0.15) is 0 Å². The van der Waals surface area contributed by atoms with Crippen LogP contribution in [-0.4, -0.2) is 14.3 Å². The molecule has 0 atom stereocenters. The Balaban J connectivity index is 2.95.